The second-order valence-corrected chi connectivity index (χ2v) is 9.56. The number of anilines is 3. The van der Waals surface area contributed by atoms with Gasteiger partial charge in [0.1, 0.15) is 0 Å². The van der Waals surface area contributed by atoms with Crippen molar-refractivity contribution in [1.29, 1.82) is 0 Å². The molecule has 3 amide bonds. The predicted molar refractivity (Wildman–Crippen MR) is 129 cm³/mol. The molecule has 3 aromatic rings. The lowest BCUT2D eigenvalue weighted by molar-refractivity contribution is 0.102. The van der Waals surface area contributed by atoms with E-state index in [4.69, 9.17) is 0 Å². The van der Waals surface area contributed by atoms with Gasteiger partial charge < -0.3 is 16.0 Å². The van der Waals surface area contributed by atoms with E-state index in [2.05, 4.69) is 16.0 Å². The maximum atomic E-state index is 12.7. The van der Waals surface area contributed by atoms with Crippen molar-refractivity contribution in [3.63, 3.8) is 0 Å². The van der Waals surface area contributed by atoms with Gasteiger partial charge in [-0.05, 0) is 48.4 Å². The first-order valence-electron chi connectivity index (χ1n) is 10.5. The van der Waals surface area contributed by atoms with Gasteiger partial charge in [0.05, 0.1) is 11.4 Å². The number of benzene rings is 3. The van der Waals surface area contributed by atoms with Crippen molar-refractivity contribution in [2.45, 2.75) is 6.42 Å². The SMILES string of the molecule is O=C(NCCS(=O)(=O)N1CCc2ccccc21)Nc1cccc(NC(=O)c2ccccc2)c1. The molecule has 0 atom stereocenters. The van der Waals surface area contributed by atoms with Crippen LogP contribution in [0.4, 0.5) is 21.9 Å². The molecule has 3 N–H and O–H groups in total. The first-order chi connectivity index (χ1) is 15.9. The first kappa shape index (κ1) is 22.3. The molecule has 0 aromatic heterocycles. The summed E-state index contributed by atoms with van der Waals surface area (Å²) in [6.45, 7) is 0.382. The highest BCUT2D eigenvalue weighted by Gasteiger charge is 2.28. The van der Waals surface area contributed by atoms with Crippen LogP contribution in [0.2, 0.25) is 0 Å². The molecule has 0 fully saturated rings. The number of para-hydroxylation sites is 1. The molecule has 9 heteroatoms. The third-order valence-corrected chi connectivity index (χ3v) is 7.01. The minimum atomic E-state index is -3.55. The van der Waals surface area contributed by atoms with Crippen molar-refractivity contribution in [2.75, 3.05) is 33.8 Å². The summed E-state index contributed by atoms with van der Waals surface area (Å²) in [5.41, 5.74) is 3.23. The van der Waals surface area contributed by atoms with E-state index in [9.17, 15) is 18.0 Å². The number of nitrogens with one attached hydrogen (secondary N) is 3. The minimum Gasteiger partial charge on any atom is -0.337 e. The van der Waals surface area contributed by atoms with Gasteiger partial charge in [-0.2, -0.15) is 0 Å². The zero-order valence-corrected chi connectivity index (χ0v) is 18.6. The van der Waals surface area contributed by atoms with Gasteiger partial charge in [0.2, 0.25) is 10.0 Å². The van der Waals surface area contributed by atoms with Gasteiger partial charge in [0.25, 0.3) is 5.91 Å². The summed E-state index contributed by atoms with van der Waals surface area (Å²) in [5, 5.41) is 8.01. The molecular weight excluding hydrogens is 440 g/mol. The molecule has 170 valence electrons. The highest BCUT2D eigenvalue weighted by Crippen LogP contribution is 2.29. The lowest BCUT2D eigenvalue weighted by Crippen LogP contribution is -2.38. The summed E-state index contributed by atoms with van der Waals surface area (Å²) in [5.74, 6) is -0.465. The number of hydrogen-bond donors (Lipinski definition) is 3. The number of sulfonamides is 1. The summed E-state index contributed by atoms with van der Waals surface area (Å²) < 4.78 is 26.8. The van der Waals surface area contributed by atoms with Crippen molar-refractivity contribution < 1.29 is 18.0 Å². The van der Waals surface area contributed by atoms with Crippen LogP contribution in [0.25, 0.3) is 0 Å². The highest BCUT2D eigenvalue weighted by atomic mass is 32.2. The molecular formula is C24H24N4O4S. The zero-order valence-electron chi connectivity index (χ0n) is 17.8. The average Bonchev–Trinajstić information content (AvgIpc) is 3.25. The molecule has 8 nitrogen and oxygen atoms in total. The number of amides is 3. The van der Waals surface area contributed by atoms with E-state index in [1.54, 1.807) is 54.6 Å². The van der Waals surface area contributed by atoms with Crippen molar-refractivity contribution in [3.8, 4) is 0 Å². The van der Waals surface area contributed by atoms with Crippen LogP contribution < -0.4 is 20.3 Å². The monoisotopic (exact) mass is 464 g/mol. The fourth-order valence-corrected chi connectivity index (χ4v) is 5.07. The van der Waals surface area contributed by atoms with E-state index < -0.39 is 16.1 Å². The summed E-state index contributed by atoms with van der Waals surface area (Å²) in [7, 11) is -3.55. The van der Waals surface area contributed by atoms with Gasteiger partial charge >= 0.3 is 6.03 Å². The smallest absolute Gasteiger partial charge is 0.319 e. The average molecular weight is 465 g/mol. The Bertz CT molecular complexity index is 1260. The van der Waals surface area contributed by atoms with E-state index in [0.717, 1.165) is 5.56 Å². The van der Waals surface area contributed by atoms with Gasteiger partial charge in [-0.15, -0.1) is 0 Å². The molecule has 0 bridgehead atoms. The number of fused-ring (bicyclic) bond motifs is 1. The number of hydrogen-bond acceptors (Lipinski definition) is 4. The summed E-state index contributed by atoms with van der Waals surface area (Å²) in [6, 6.07) is 22.4. The maximum absolute atomic E-state index is 12.7. The van der Waals surface area contributed by atoms with Crippen LogP contribution in [0.3, 0.4) is 0 Å². The molecule has 1 aliphatic rings. The Morgan fingerprint density at radius 2 is 1.55 bits per heavy atom. The zero-order chi connectivity index (χ0) is 23.3. The molecule has 0 saturated carbocycles. The molecule has 0 aliphatic carbocycles. The molecule has 3 aromatic carbocycles. The van der Waals surface area contributed by atoms with Gasteiger partial charge in [-0.3, -0.25) is 9.10 Å². The maximum Gasteiger partial charge on any atom is 0.319 e. The Morgan fingerprint density at radius 3 is 2.33 bits per heavy atom. The molecule has 4 rings (SSSR count). The van der Waals surface area contributed by atoms with Crippen molar-refractivity contribution >= 4 is 39.0 Å². The summed E-state index contributed by atoms with van der Waals surface area (Å²) in [4.78, 5) is 24.6. The minimum absolute atomic E-state index is 0.0305. The van der Waals surface area contributed by atoms with Crippen LogP contribution in [0.15, 0.2) is 78.9 Å². The van der Waals surface area contributed by atoms with Gasteiger partial charge in [0.15, 0.2) is 0 Å². The first-order valence-corrected chi connectivity index (χ1v) is 12.1. The third-order valence-electron chi connectivity index (χ3n) is 5.24. The van der Waals surface area contributed by atoms with E-state index in [1.807, 2.05) is 24.3 Å². The van der Waals surface area contributed by atoms with Crippen LogP contribution in [0.1, 0.15) is 15.9 Å². The van der Waals surface area contributed by atoms with Crippen molar-refractivity contribution in [2.24, 2.45) is 0 Å². The van der Waals surface area contributed by atoms with Crippen LogP contribution >= 0.6 is 0 Å². The van der Waals surface area contributed by atoms with Crippen LogP contribution in [-0.2, 0) is 16.4 Å². The Kier molecular flexibility index (Phi) is 6.60. The molecule has 0 unspecified atom stereocenters. The van der Waals surface area contributed by atoms with Crippen molar-refractivity contribution in [3.05, 3.63) is 90.0 Å². The lowest BCUT2D eigenvalue weighted by atomic mass is 10.2. The predicted octanol–water partition coefficient (Wildman–Crippen LogP) is 3.45. The second kappa shape index (κ2) is 9.74. The molecule has 1 aliphatic heterocycles. The Hall–Kier alpha value is -3.85. The number of carbonyl (C=O) groups excluding carboxylic acids is 2. The highest BCUT2D eigenvalue weighted by molar-refractivity contribution is 7.92. The van der Waals surface area contributed by atoms with E-state index in [-0.39, 0.29) is 18.2 Å². The fourth-order valence-electron chi connectivity index (χ4n) is 3.64. The second-order valence-electron chi connectivity index (χ2n) is 7.55. The third kappa shape index (κ3) is 5.50. The van der Waals surface area contributed by atoms with Crippen LogP contribution in [-0.4, -0.2) is 39.2 Å². The van der Waals surface area contributed by atoms with Gasteiger partial charge in [0, 0.05) is 30.0 Å². The topological polar surface area (TPSA) is 108 Å². The molecule has 33 heavy (non-hydrogen) atoms. The largest absolute Gasteiger partial charge is 0.337 e. The van der Waals surface area contributed by atoms with Crippen LogP contribution in [0, 0.1) is 0 Å². The Labute approximate surface area is 192 Å². The fraction of sp³-hybridized carbons (Fsp3) is 0.167. The molecule has 0 saturated heterocycles. The van der Waals surface area contributed by atoms with Crippen molar-refractivity contribution in [1.82, 2.24) is 5.32 Å². The molecule has 0 radical (unpaired) electrons. The number of urea groups is 1. The van der Waals surface area contributed by atoms with E-state index in [0.29, 0.717) is 35.6 Å². The van der Waals surface area contributed by atoms with Crippen LogP contribution in [0.5, 0.6) is 0 Å². The summed E-state index contributed by atoms with van der Waals surface area (Å²) in [6.07, 6.45) is 0.681. The van der Waals surface area contributed by atoms with E-state index in [1.165, 1.54) is 4.31 Å². The number of carbonyl (C=O) groups is 2. The van der Waals surface area contributed by atoms with E-state index >= 15 is 0 Å². The van der Waals surface area contributed by atoms with Gasteiger partial charge in [-0.25, -0.2) is 13.2 Å². The lowest BCUT2D eigenvalue weighted by Gasteiger charge is -2.19. The molecule has 1 heterocycles. The Morgan fingerprint density at radius 1 is 0.848 bits per heavy atom. The number of nitrogens with zero attached hydrogens (tertiary/aromatic N) is 1. The standard InChI is InChI=1S/C24H24N4O4S/c29-23(19-8-2-1-3-9-19)26-20-10-6-11-21(17-20)27-24(30)25-14-16-33(31,32)28-15-13-18-7-4-5-12-22(18)28/h1-12,17H,13-16H2,(H,26,29)(H2,25,27,30). The normalized spacial score (nSPS) is 12.7. The van der Waals surface area contributed by atoms with Gasteiger partial charge in [-0.1, -0.05) is 42.5 Å². The summed E-state index contributed by atoms with van der Waals surface area (Å²) >= 11 is 0. The molecule has 0 spiro atoms. The quantitative estimate of drug-likeness (QED) is 0.498. The number of rotatable bonds is 7. The Balaban J connectivity index is 1.29.